The summed E-state index contributed by atoms with van der Waals surface area (Å²) in [4.78, 5) is 0. The maximum absolute atomic E-state index is 6.02. The molecule has 1 aromatic carbocycles. The molecule has 0 aliphatic rings. The Morgan fingerprint density at radius 1 is 1.50 bits per heavy atom. The first kappa shape index (κ1) is 10.8. The van der Waals surface area contributed by atoms with Crippen LogP contribution < -0.4 is 11.1 Å². The van der Waals surface area contributed by atoms with Crippen LogP contribution in [0, 0.1) is 0 Å². The molecule has 0 radical (unpaired) electrons. The highest BCUT2D eigenvalue weighted by molar-refractivity contribution is 6.33. The third-order valence-electron chi connectivity index (χ3n) is 2.24. The van der Waals surface area contributed by atoms with Gasteiger partial charge in [-0.3, -0.25) is 0 Å². The number of aryl methyl sites for hydroxylation is 1. The molecule has 1 aromatic heterocycles. The average Bonchev–Trinajstić information content (AvgIpc) is 2.63. The van der Waals surface area contributed by atoms with E-state index in [1.165, 1.54) is 0 Å². The zero-order chi connectivity index (χ0) is 11.5. The van der Waals surface area contributed by atoms with Crippen LogP contribution in [-0.4, -0.2) is 14.8 Å². The smallest absolute Gasteiger partial charge is 0.151 e. The fraction of sp³-hybridized carbons (Fsp3) is 0.200. The average molecular weight is 238 g/mol. The SMILES string of the molecule is Cn1cnnc1CNc1ccc(N)cc1Cl. The molecule has 0 atom stereocenters. The molecule has 0 amide bonds. The van der Waals surface area contributed by atoms with E-state index in [0.717, 1.165) is 11.5 Å². The largest absolute Gasteiger partial charge is 0.399 e. The predicted molar refractivity (Wildman–Crippen MR) is 64.2 cm³/mol. The van der Waals surface area contributed by atoms with Crippen molar-refractivity contribution in [3.05, 3.63) is 35.4 Å². The van der Waals surface area contributed by atoms with Gasteiger partial charge in [0, 0.05) is 12.7 Å². The first-order valence-corrected chi connectivity index (χ1v) is 5.16. The first-order valence-electron chi connectivity index (χ1n) is 4.78. The van der Waals surface area contributed by atoms with Crippen LogP contribution >= 0.6 is 11.6 Å². The molecule has 2 aromatic rings. The summed E-state index contributed by atoms with van der Waals surface area (Å²) in [5, 5.41) is 11.5. The van der Waals surface area contributed by atoms with Gasteiger partial charge in [0.25, 0.3) is 0 Å². The van der Waals surface area contributed by atoms with Gasteiger partial charge in [-0.2, -0.15) is 0 Å². The Morgan fingerprint density at radius 2 is 2.31 bits per heavy atom. The molecular formula is C10H12ClN5. The quantitative estimate of drug-likeness (QED) is 0.797. The van der Waals surface area contributed by atoms with Crippen molar-refractivity contribution in [2.24, 2.45) is 7.05 Å². The molecule has 5 nitrogen and oxygen atoms in total. The van der Waals surface area contributed by atoms with Crippen LogP contribution in [0.25, 0.3) is 0 Å². The van der Waals surface area contributed by atoms with Gasteiger partial charge in [-0.05, 0) is 18.2 Å². The van der Waals surface area contributed by atoms with E-state index in [9.17, 15) is 0 Å². The Balaban J connectivity index is 2.08. The number of nitrogens with two attached hydrogens (primary N) is 1. The number of hydrogen-bond acceptors (Lipinski definition) is 4. The summed E-state index contributed by atoms with van der Waals surface area (Å²) in [7, 11) is 1.89. The summed E-state index contributed by atoms with van der Waals surface area (Å²) >= 11 is 6.02. The topological polar surface area (TPSA) is 68.8 Å². The molecule has 0 saturated heterocycles. The predicted octanol–water partition coefficient (Wildman–Crippen LogP) is 1.66. The van der Waals surface area contributed by atoms with Gasteiger partial charge in [0.15, 0.2) is 5.82 Å². The second kappa shape index (κ2) is 4.40. The second-order valence-electron chi connectivity index (χ2n) is 3.45. The highest BCUT2D eigenvalue weighted by atomic mass is 35.5. The Labute approximate surface area is 98.2 Å². The summed E-state index contributed by atoms with van der Waals surface area (Å²) < 4.78 is 1.85. The monoisotopic (exact) mass is 237 g/mol. The molecule has 0 fully saturated rings. The van der Waals surface area contributed by atoms with E-state index in [2.05, 4.69) is 15.5 Å². The zero-order valence-corrected chi connectivity index (χ0v) is 9.57. The Morgan fingerprint density at radius 3 is 2.94 bits per heavy atom. The van der Waals surface area contributed by atoms with Gasteiger partial charge in [-0.1, -0.05) is 11.6 Å². The molecular weight excluding hydrogens is 226 g/mol. The standard InChI is InChI=1S/C10H12ClN5/c1-16-6-14-15-10(16)5-13-9-3-2-7(12)4-8(9)11/h2-4,6,13H,5,12H2,1H3. The number of nitrogen functional groups attached to an aromatic ring is 1. The van der Waals surface area contributed by atoms with Gasteiger partial charge in [-0.25, -0.2) is 0 Å². The van der Waals surface area contributed by atoms with E-state index < -0.39 is 0 Å². The summed E-state index contributed by atoms with van der Waals surface area (Å²) in [6.07, 6.45) is 1.65. The van der Waals surface area contributed by atoms with Crippen LogP contribution in [0.15, 0.2) is 24.5 Å². The van der Waals surface area contributed by atoms with Crippen LogP contribution in [0.5, 0.6) is 0 Å². The number of nitrogens with one attached hydrogen (secondary N) is 1. The summed E-state index contributed by atoms with van der Waals surface area (Å²) in [5.41, 5.74) is 7.08. The Bertz CT molecular complexity index is 494. The molecule has 0 spiro atoms. The molecule has 0 aliphatic heterocycles. The molecule has 3 N–H and O–H groups in total. The molecule has 84 valence electrons. The van der Waals surface area contributed by atoms with Crippen LogP contribution in [-0.2, 0) is 13.6 Å². The fourth-order valence-electron chi connectivity index (χ4n) is 1.32. The Hall–Kier alpha value is -1.75. The molecule has 2 rings (SSSR count). The van der Waals surface area contributed by atoms with Crippen molar-refractivity contribution in [3.8, 4) is 0 Å². The van der Waals surface area contributed by atoms with E-state index in [1.54, 1.807) is 18.5 Å². The van der Waals surface area contributed by atoms with Crippen molar-refractivity contribution >= 4 is 23.0 Å². The minimum absolute atomic E-state index is 0.570. The van der Waals surface area contributed by atoms with Gasteiger partial charge in [0.05, 0.1) is 17.3 Å². The number of nitrogens with zero attached hydrogens (tertiary/aromatic N) is 3. The molecule has 6 heteroatoms. The van der Waals surface area contributed by atoms with Crippen LogP contribution in [0.4, 0.5) is 11.4 Å². The van der Waals surface area contributed by atoms with E-state index >= 15 is 0 Å². The number of anilines is 2. The van der Waals surface area contributed by atoms with Gasteiger partial charge in [-0.15, -0.1) is 10.2 Å². The lowest BCUT2D eigenvalue weighted by Crippen LogP contribution is -2.06. The minimum Gasteiger partial charge on any atom is -0.399 e. The molecule has 1 heterocycles. The minimum atomic E-state index is 0.570. The lowest BCUT2D eigenvalue weighted by Gasteiger charge is -2.08. The normalized spacial score (nSPS) is 10.4. The van der Waals surface area contributed by atoms with Crippen LogP contribution in [0.3, 0.4) is 0 Å². The zero-order valence-electron chi connectivity index (χ0n) is 8.81. The number of aromatic nitrogens is 3. The molecule has 16 heavy (non-hydrogen) atoms. The highest BCUT2D eigenvalue weighted by Crippen LogP contribution is 2.24. The lowest BCUT2D eigenvalue weighted by molar-refractivity contribution is 0.812. The van der Waals surface area contributed by atoms with Gasteiger partial charge in [0.2, 0.25) is 0 Å². The van der Waals surface area contributed by atoms with Crippen molar-refractivity contribution in [2.45, 2.75) is 6.54 Å². The maximum Gasteiger partial charge on any atom is 0.151 e. The van der Waals surface area contributed by atoms with Crippen molar-refractivity contribution < 1.29 is 0 Å². The first-order chi connectivity index (χ1) is 7.66. The highest BCUT2D eigenvalue weighted by Gasteiger charge is 2.03. The molecule has 0 aliphatic carbocycles. The number of benzene rings is 1. The third kappa shape index (κ3) is 2.25. The third-order valence-corrected chi connectivity index (χ3v) is 2.55. The summed E-state index contributed by atoms with van der Waals surface area (Å²) in [6, 6.07) is 5.35. The van der Waals surface area contributed by atoms with Gasteiger partial charge in [0.1, 0.15) is 6.33 Å². The molecule has 0 saturated carbocycles. The van der Waals surface area contributed by atoms with E-state index in [4.69, 9.17) is 17.3 Å². The van der Waals surface area contributed by atoms with Crippen LogP contribution in [0.1, 0.15) is 5.82 Å². The second-order valence-corrected chi connectivity index (χ2v) is 3.86. The fourth-order valence-corrected chi connectivity index (χ4v) is 1.57. The van der Waals surface area contributed by atoms with Crippen LogP contribution in [0.2, 0.25) is 5.02 Å². The molecule has 0 bridgehead atoms. The van der Waals surface area contributed by atoms with Crippen molar-refractivity contribution in [1.29, 1.82) is 0 Å². The van der Waals surface area contributed by atoms with Gasteiger partial charge >= 0.3 is 0 Å². The van der Waals surface area contributed by atoms with E-state index in [0.29, 0.717) is 17.3 Å². The Kier molecular flexibility index (Phi) is 2.96. The summed E-state index contributed by atoms with van der Waals surface area (Å²) in [5.74, 6) is 0.841. The molecule has 0 unspecified atom stereocenters. The van der Waals surface area contributed by atoms with Crippen molar-refractivity contribution in [1.82, 2.24) is 14.8 Å². The summed E-state index contributed by atoms with van der Waals surface area (Å²) in [6.45, 7) is 0.570. The van der Waals surface area contributed by atoms with Crippen molar-refractivity contribution in [2.75, 3.05) is 11.1 Å². The number of rotatable bonds is 3. The van der Waals surface area contributed by atoms with E-state index in [-0.39, 0.29) is 0 Å². The number of halogens is 1. The lowest BCUT2D eigenvalue weighted by atomic mass is 10.3. The number of hydrogen-bond donors (Lipinski definition) is 2. The van der Waals surface area contributed by atoms with Gasteiger partial charge < -0.3 is 15.6 Å². The van der Waals surface area contributed by atoms with Crippen molar-refractivity contribution in [3.63, 3.8) is 0 Å². The maximum atomic E-state index is 6.02. The van der Waals surface area contributed by atoms with E-state index in [1.807, 2.05) is 17.7 Å².